The molecule has 0 saturated carbocycles. The molecule has 0 N–H and O–H groups in total. The second-order valence-corrected chi connectivity index (χ2v) is 10.8. The molecule has 7 aromatic rings. The molecule has 0 fully saturated rings. The molecule has 1 aliphatic rings. The molecular formula is C36H29N5. The van der Waals surface area contributed by atoms with Crippen LogP contribution in [0.3, 0.4) is 0 Å². The Bertz CT molecular complexity index is 2100. The molecule has 198 valence electrons. The molecule has 41 heavy (non-hydrogen) atoms. The summed E-state index contributed by atoms with van der Waals surface area (Å²) in [4.78, 5) is 9.97. The van der Waals surface area contributed by atoms with E-state index in [0.29, 0.717) is 0 Å². The summed E-state index contributed by atoms with van der Waals surface area (Å²) in [7, 11) is 6.37. The van der Waals surface area contributed by atoms with Crippen molar-refractivity contribution in [3.8, 4) is 22.3 Å². The third-order valence-corrected chi connectivity index (χ3v) is 8.47. The molecule has 0 spiro atoms. The van der Waals surface area contributed by atoms with Gasteiger partial charge in [0.05, 0.1) is 33.8 Å². The smallest absolute Gasteiger partial charge is 0.215 e. The van der Waals surface area contributed by atoms with E-state index in [0.717, 1.165) is 45.3 Å². The molecule has 5 aromatic carbocycles. The van der Waals surface area contributed by atoms with Crippen molar-refractivity contribution in [2.75, 3.05) is 16.8 Å². The Morgan fingerprint density at radius 1 is 0.537 bits per heavy atom. The number of aromatic nitrogens is 3. The molecule has 1 aliphatic heterocycles. The predicted molar refractivity (Wildman–Crippen MR) is 171 cm³/mol. The molecule has 3 heterocycles. The first-order valence-electron chi connectivity index (χ1n) is 13.9. The lowest BCUT2D eigenvalue weighted by atomic mass is 9.98. The van der Waals surface area contributed by atoms with Crippen molar-refractivity contribution in [2.45, 2.75) is 0 Å². The van der Waals surface area contributed by atoms with Crippen LogP contribution >= 0.6 is 0 Å². The zero-order valence-electron chi connectivity index (χ0n) is 23.3. The molecule has 0 unspecified atom stereocenters. The van der Waals surface area contributed by atoms with Gasteiger partial charge in [0, 0.05) is 43.8 Å². The maximum Gasteiger partial charge on any atom is 0.215 e. The Morgan fingerprint density at radius 2 is 1.24 bits per heavy atom. The van der Waals surface area contributed by atoms with Crippen molar-refractivity contribution < 1.29 is 0 Å². The molecule has 5 nitrogen and oxygen atoms in total. The van der Waals surface area contributed by atoms with Gasteiger partial charge >= 0.3 is 0 Å². The van der Waals surface area contributed by atoms with E-state index in [1.165, 1.54) is 27.6 Å². The largest absolute Gasteiger partial charge is 0.351 e. The summed E-state index contributed by atoms with van der Waals surface area (Å²) in [6, 6.07) is 41.1. The van der Waals surface area contributed by atoms with E-state index in [9.17, 15) is 0 Å². The van der Waals surface area contributed by atoms with Gasteiger partial charge in [0.15, 0.2) is 0 Å². The molecule has 0 aliphatic carbocycles. The van der Waals surface area contributed by atoms with Crippen molar-refractivity contribution in [1.29, 1.82) is 0 Å². The lowest BCUT2D eigenvalue weighted by Gasteiger charge is -2.38. The number of benzene rings is 5. The van der Waals surface area contributed by atoms with Crippen LogP contribution < -0.4 is 9.80 Å². The topological polar surface area (TPSA) is 29.2 Å². The van der Waals surface area contributed by atoms with E-state index < -0.39 is 0 Å². The average molecular weight is 532 g/mol. The van der Waals surface area contributed by atoms with E-state index in [2.05, 4.69) is 162 Å². The van der Waals surface area contributed by atoms with Crippen LogP contribution in [-0.2, 0) is 14.1 Å². The Morgan fingerprint density at radius 3 is 2.07 bits per heavy atom. The van der Waals surface area contributed by atoms with Crippen molar-refractivity contribution in [2.24, 2.45) is 14.1 Å². The fourth-order valence-electron chi connectivity index (χ4n) is 6.37. The second-order valence-electron chi connectivity index (χ2n) is 10.8. The molecule has 2 aromatic heterocycles. The van der Waals surface area contributed by atoms with Gasteiger partial charge < -0.3 is 14.0 Å². The number of hydrogen-bond acceptors (Lipinski definition) is 3. The summed E-state index contributed by atoms with van der Waals surface area (Å²) in [5.74, 6) is 0.889. The van der Waals surface area contributed by atoms with Crippen molar-refractivity contribution in [3.63, 3.8) is 0 Å². The highest BCUT2D eigenvalue weighted by atomic mass is 15.4. The summed E-state index contributed by atoms with van der Waals surface area (Å²) >= 11 is 0. The van der Waals surface area contributed by atoms with Crippen molar-refractivity contribution in [1.82, 2.24) is 14.1 Å². The van der Waals surface area contributed by atoms with Gasteiger partial charge in [-0.3, -0.25) is 4.90 Å². The standard InChI is InChI=1S/C36H29N5/c1-38-22-21-28-26(13-9-17-29(28)38)25-19-20-31-34(23-25)41(32-16-8-7-15-30(32)39(31)2)36-37-35-27(24-11-5-4-6-12-24)14-10-18-33(35)40(36)3/h4-23H,1-3H3. The summed E-state index contributed by atoms with van der Waals surface area (Å²) in [6.45, 7) is 0. The maximum atomic E-state index is 5.36. The van der Waals surface area contributed by atoms with Crippen molar-refractivity contribution >= 4 is 50.6 Å². The molecule has 0 atom stereocenters. The molecular weight excluding hydrogens is 502 g/mol. The molecule has 0 radical (unpaired) electrons. The number of para-hydroxylation sites is 3. The minimum absolute atomic E-state index is 0.889. The summed E-state index contributed by atoms with van der Waals surface area (Å²) in [5, 5.41) is 1.25. The molecule has 0 amide bonds. The maximum absolute atomic E-state index is 5.36. The first kappa shape index (κ1) is 23.6. The van der Waals surface area contributed by atoms with Crippen LogP contribution in [0.1, 0.15) is 0 Å². The fourth-order valence-corrected chi connectivity index (χ4v) is 6.37. The van der Waals surface area contributed by atoms with Crippen LogP contribution in [0.2, 0.25) is 0 Å². The van der Waals surface area contributed by atoms with Crippen LogP contribution in [0.25, 0.3) is 44.2 Å². The quantitative estimate of drug-likeness (QED) is 0.228. The van der Waals surface area contributed by atoms with Crippen molar-refractivity contribution in [3.05, 3.63) is 121 Å². The van der Waals surface area contributed by atoms with Gasteiger partial charge in [0.25, 0.3) is 0 Å². The number of hydrogen-bond donors (Lipinski definition) is 0. The summed E-state index contributed by atoms with van der Waals surface area (Å²) in [6.07, 6.45) is 2.13. The Hall–Kier alpha value is -5.29. The highest BCUT2D eigenvalue weighted by molar-refractivity contribution is 6.02. The van der Waals surface area contributed by atoms with E-state index >= 15 is 0 Å². The Kier molecular flexibility index (Phi) is 5.10. The predicted octanol–water partition coefficient (Wildman–Crippen LogP) is 8.95. The summed E-state index contributed by atoms with van der Waals surface area (Å²) < 4.78 is 4.40. The number of aryl methyl sites for hydroxylation is 2. The van der Waals surface area contributed by atoms with E-state index in [1.807, 2.05) is 0 Å². The molecule has 8 rings (SSSR count). The van der Waals surface area contributed by atoms with Gasteiger partial charge in [-0.2, -0.15) is 0 Å². The number of anilines is 5. The average Bonchev–Trinajstić information content (AvgIpc) is 3.57. The highest BCUT2D eigenvalue weighted by Gasteiger charge is 2.31. The number of imidazole rings is 1. The minimum Gasteiger partial charge on any atom is -0.351 e. The minimum atomic E-state index is 0.889. The van der Waals surface area contributed by atoms with Gasteiger partial charge in [0.2, 0.25) is 5.95 Å². The third-order valence-electron chi connectivity index (χ3n) is 8.47. The van der Waals surface area contributed by atoms with E-state index in [-0.39, 0.29) is 0 Å². The van der Waals surface area contributed by atoms with Crippen LogP contribution in [0.4, 0.5) is 28.7 Å². The van der Waals surface area contributed by atoms with E-state index in [1.54, 1.807) is 0 Å². The molecule has 0 saturated heterocycles. The van der Waals surface area contributed by atoms with E-state index in [4.69, 9.17) is 4.98 Å². The summed E-state index contributed by atoms with van der Waals surface area (Å²) in [5.41, 5.74) is 12.5. The SMILES string of the molecule is CN1c2ccccc2N(c2nc3c(-c4ccccc4)cccc3n2C)c2cc(-c3cccc4c3ccn4C)ccc21. The molecule has 0 bridgehead atoms. The zero-order valence-corrected chi connectivity index (χ0v) is 23.3. The Balaban J connectivity index is 1.38. The zero-order chi connectivity index (χ0) is 27.7. The molecule has 5 heteroatoms. The van der Waals surface area contributed by atoms with Crippen LogP contribution in [0.5, 0.6) is 0 Å². The van der Waals surface area contributed by atoms with Gasteiger partial charge in [-0.15, -0.1) is 0 Å². The van der Waals surface area contributed by atoms with Crippen LogP contribution in [-0.4, -0.2) is 21.2 Å². The normalized spacial score (nSPS) is 12.7. The first-order valence-corrected chi connectivity index (χ1v) is 13.9. The highest BCUT2D eigenvalue weighted by Crippen LogP contribution is 2.52. The Labute approximate surface area is 239 Å². The van der Waals surface area contributed by atoms with Gasteiger partial charge in [-0.05, 0) is 59.2 Å². The van der Waals surface area contributed by atoms with Crippen LogP contribution in [0, 0.1) is 0 Å². The van der Waals surface area contributed by atoms with Gasteiger partial charge in [0.1, 0.15) is 0 Å². The fraction of sp³-hybridized carbons (Fsp3) is 0.0833. The van der Waals surface area contributed by atoms with Gasteiger partial charge in [-0.1, -0.05) is 72.8 Å². The number of rotatable bonds is 3. The number of fused-ring (bicyclic) bond motifs is 4. The second kappa shape index (κ2) is 8.86. The van der Waals surface area contributed by atoms with Gasteiger partial charge in [-0.25, -0.2) is 4.98 Å². The monoisotopic (exact) mass is 531 g/mol. The lowest BCUT2D eigenvalue weighted by molar-refractivity contribution is 0.919. The van der Waals surface area contributed by atoms with Crippen LogP contribution in [0.15, 0.2) is 121 Å². The lowest BCUT2D eigenvalue weighted by Crippen LogP contribution is -2.25. The number of nitrogens with zero attached hydrogens (tertiary/aromatic N) is 5. The third kappa shape index (κ3) is 3.45. The first-order chi connectivity index (χ1) is 20.1.